The van der Waals surface area contributed by atoms with Gasteiger partial charge in [-0.2, -0.15) is 0 Å². The molecule has 0 aliphatic carbocycles. The molecule has 1 aliphatic heterocycles. The lowest BCUT2D eigenvalue weighted by Crippen LogP contribution is -2.41. The van der Waals surface area contributed by atoms with Crippen LogP contribution in [0, 0.1) is 5.92 Å². The summed E-state index contributed by atoms with van der Waals surface area (Å²) in [5.74, 6) is 0.998. The molecule has 0 spiro atoms. The van der Waals surface area contributed by atoms with Crippen molar-refractivity contribution in [3.63, 3.8) is 0 Å². The number of guanidine groups is 1. The molecule has 0 aromatic carbocycles. The van der Waals surface area contributed by atoms with Gasteiger partial charge in [0.05, 0.1) is 6.04 Å². The maximum Gasteiger partial charge on any atom is 0.222 e. The molecule has 1 atom stereocenters. The van der Waals surface area contributed by atoms with Crippen molar-refractivity contribution >= 4 is 11.9 Å². The molecule has 4 N–H and O–H groups in total. The number of nitrogens with zero attached hydrogens (tertiary/aromatic N) is 1. The van der Waals surface area contributed by atoms with E-state index in [1.54, 1.807) is 0 Å². The second-order valence-electron chi connectivity index (χ2n) is 3.97. The normalized spacial score (nSPS) is 22.6. The Morgan fingerprint density at radius 3 is 3.00 bits per heavy atom. The third kappa shape index (κ3) is 3.64. The van der Waals surface area contributed by atoms with Crippen LogP contribution in [0.25, 0.3) is 0 Å². The minimum absolute atomic E-state index is 0.0687. The van der Waals surface area contributed by atoms with E-state index in [9.17, 15) is 4.79 Å². The molecular weight excluding hydrogens is 180 g/mol. The summed E-state index contributed by atoms with van der Waals surface area (Å²) in [7, 11) is 0. The molecule has 80 valence electrons. The highest BCUT2D eigenvalue weighted by Gasteiger charge is 2.21. The van der Waals surface area contributed by atoms with Gasteiger partial charge in [-0.1, -0.05) is 13.8 Å². The van der Waals surface area contributed by atoms with Crippen LogP contribution in [0.4, 0.5) is 0 Å². The van der Waals surface area contributed by atoms with E-state index in [-0.39, 0.29) is 11.9 Å². The van der Waals surface area contributed by atoms with Crippen LogP contribution in [0.2, 0.25) is 0 Å². The van der Waals surface area contributed by atoms with Crippen molar-refractivity contribution in [3.05, 3.63) is 0 Å². The van der Waals surface area contributed by atoms with Gasteiger partial charge in [0.15, 0.2) is 5.96 Å². The number of carbonyl (C=O) groups excluding carboxylic acids is 1. The van der Waals surface area contributed by atoms with Crippen LogP contribution < -0.4 is 16.4 Å². The van der Waals surface area contributed by atoms with Crippen molar-refractivity contribution in [2.24, 2.45) is 16.6 Å². The Morgan fingerprint density at radius 2 is 2.50 bits per heavy atom. The predicted octanol–water partition coefficient (Wildman–Crippen LogP) is -0.565. The van der Waals surface area contributed by atoms with Crippen LogP contribution in [0.5, 0.6) is 0 Å². The molecule has 1 unspecified atom stereocenters. The van der Waals surface area contributed by atoms with Gasteiger partial charge in [-0.15, -0.1) is 0 Å². The lowest BCUT2D eigenvalue weighted by atomic mass is 10.2. The molecule has 5 nitrogen and oxygen atoms in total. The molecule has 5 heteroatoms. The summed E-state index contributed by atoms with van der Waals surface area (Å²) < 4.78 is 0. The molecular formula is C9H18N4O. The first-order valence-electron chi connectivity index (χ1n) is 4.91. The van der Waals surface area contributed by atoms with Crippen LogP contribution in [0.15, 0.2) is 4.99 Å². The minimum Gasteiger partial charge on any atom is -0.370 e. The average molecular weight is 198 g/mol. The fourth-order valence-electron chi connectivity index (χ4n) is 1.24. The third-order valence-electron chi connectivity index (χ3n) is 1.96. The first-order chi connectivity index (χ1) is 6.58. The molecule has 0 aromatic heterocycles. The van der Waals surface area contributed by atoms with Crippen LogP contribution >= 0.6 is 0 Å². The highest BCUT2D eigenvalue weighted by molar-refractivity contribution is 5.82. The average Bonchev–Trinajstić information content (AvgIpc) is 2.48. The number of aliphatic imine (C=N–C) groups is 1. The Morgan fingerprint density at radius 1 is 1.79 bits per heavy atom. The minimum atomic E-state index is 0.0687. The van der Waals surface area contributed by atoms with Gasteiger partial charge in [-0.3, -0.25) is 9.79 Å². The van der Waals surface area contributed by atoms with Crippen molar-refractivity contribution in [2.45, 2.75) is 26.3 Å². The maximum atomic E-state index is 10.9. The van der Waals surface area contributed by atoms with Crippen LogP contribution in [0.1, 0.15) is 20.3 Å². The molecule has 1 fully saturated rings. The van der Waals surface area contributed by atoms with Gasteiger partial charge in [-0.25, -0.2) is 0 Å². The molecule has 1 amide bonds. The van der Waals surface area contributed by atoms with Gasteiger partial charge < -0.3 is 16.4 Å². The summed E-state index contributed by atoms with van der Waals surface area (Å²) >= 11 is 0. The van der Waals surface area contributed by atoms with E-state index >= 15 is 0 Å². The number of amides is 1. The molecule has 0 bridgehead atoms. The Labute approximate surface area is 84.1 Å². The van der Waals surface area contributed by atoms with Gasteiger partial charge >= 0.3 is 0 Å². The standard InChI is InChI=1S/C9H18N4O/c1-6(2)4-12-9(10)13-7-3-8(14)11-5-7/h6-7H,3-5H2,1-2H3,(H,11,14)(H3,10,12,13). The number of hydrogen-bond donors (Lipinski definition) is 3. The summed E-state index contributed by atoms with van der Waals surface area (Å²) in [4.78, 5) is 15.0. The molecule has 14 heavy (non-hydrogen) atoms. The summed E-state index contributed by atoms with van der Waals surface area (Å²) in [6, 6.07) is 0.0958. The molecule has 0 radical (unpaired) electrons. The van der Waals surface area contributed by atoms with Gasteiger partial charge in [0.2, 0.25) is 5.91 Å². The van der Waals surface area contributed by atoms with Gasteiger partial charge in [0.25, 0.3) is 0 Å². The van der Waals surface area contributed by atoms with Gasteiger partial charge in [0, 0.05) is 19.5 Å². The summed E-state index contributed by atoms with van der Waals surface area (Å²) in [5, 5.41) is 5.74. The smallest absolute Gasteiger partial charge is 0.222 e. The number of rotatable bonds is 3. The van der Waals surface area contributed by atoms with E-state index in [0.29, 0.717) is 31.4 Å². The number of carbonyl (C=O) groups is 1. The van der Waals surface area contributed by atoms with E-state index in [4.69, 9.17) is 5.73 Å². The largest absolute Gasteiger partial charge is 0.370 e. The van der Waals surface area contributed by atoms with E-state index in [0.717, 1.165) is 0 Å². The molecule has 1 saturated heterocycles. The summed E-state index contributed by atoms with van der Waals surface area (Å²) in [6.45, 7) is 5.51. The quantitative estimate of drug-likeness (QED) is 0.420. The van der Waals surface area contributed by atoms with Crippen molar-refractivity contribution in [2.75, 3.05) is 13.1 Å². The maximum absolute atomic E-state index is 10.9. The zero-order valence-corrected chi connectivity index (χ0v) is 8.71. The van der Waals surface area contributed by atoms with Crippen molar-refractivity contribution in [3.8, 4) is 0 Å². The third-order valence-corrected chi connectivity index (χ3v) is 1.96. The predicted molar refractivity (Wildman–Crippen MR) is 55.9 cm³/mol. The first kappa shape index (κ1) is 10.8. The van der Waals surface area contributed by atoms with Gasteiger partial charge in [0.1, 0.15) is 0 Å². The molecule has 1 rings (SSSR count). The zero-order valence-electron chi connectivity index (χ0n) is 8.71. The lowest BCUT2D eigenvalue weighted by Gasteiger charge is -2.11. The Hall–Kier alpha value is -1.26. The Kier molecular flexibility index (Phi) is 3.73. The molecule has 1 aliphatic rings. The number of hydrogen-bond acceptors (Lipinski definition) is 2. The molecule has 0 aromatic rings. The molecule has 0 saturated carbocycles. The highest BCUT2D eigenvalue weighted by atomic mass is 16.1. The van der Waals surface area contributed by atoms with Crippen LogP contribution in [0.3, 0.4) is 0 Å². The molecule has 1 heterocycles. The second kappa shape index (κ2) is 4.83. The number of nitrogens with one attached hydrogen (secondary N) is 2. The topological polar surface area (TPSA) is 79.5 Å². The monoisotopic (exact) mass is 198 g/mol. The van der Waals surface area contributed by atoms with E-state index < -0.39 is 0 Å². The van der Waals surface area contributed by atoms with Crippen LogP contribution in [-0.4, -0.2) is 31.0 Å². The van der Waals surface area contributed by atoms with Crippen molar-refractivity contribution in [1.82, 2.24) is 10.6 Å². The van der Waals surface area contributed by atoms with E-state index in [1.807, 2.05) is 0 Å². The van der Waals surface area contributed by atoms with Gasteiger partial charge in [-0.05, 0) is 5.92 Å². The SMILES string of the molecule is CC(C)CN=C(N)NC1CNC(=O)C1. The van der Waals surface area contributed by atoms with E-state index in [2.05, 4.69) is 29.5 Å². The van der Waals surface area contributed by atoms with E-state index in [1.165, 1.54) is 0 Å². The van der Waals surface area contributed by atoms with Crippen LogP contribution in [-0.2, 0) is 4.79 Å². The van der Waals surface area contributed by atoms with Crippen molar-refractivity contribution < 1.29 is 4.79 Å². The number of nitrogens with two attached hydrogens (primary N) is 1. The lowest BCUT2D eigenvalue weighted by molar-refractivity contribution is -0.119. The first-order valence-corrected chi connectivity index (χ1v) is 4.91. The highest BCUT2D eigenvalue weighted by Crippen LogP contribution is 1.98. The summed E-state index contributed by atoms with van der Waals surface area (Å²) in [6.07, 6.45) is 0.484. The fraction of sp³-hybridized carbons (Fsp3) is 0.778. The fourth-order valence-corrected chi connectivity index (χ4v) is 1.24. The van der Waals surface area contributed by atoms with Crippen molar-refractivity contribution in [1.29, 1.82) is 0 Å². The Bertz CT molecular complexity index is 237. The Balaban J connectivity index is 2.29. The second-order valence-corrected chi connectivity index (χ2v) is 3.97. The summed E-state index contributed by atoms with van der Waals surface area (Å²) in [5.41, 5.74) is 5.65. The zero-order chi connectivity index (χ0) is 10.6.